The summed E-state index contributed by atoms with van der Waals surface area (Å²) in [5.41, 5.74) is 0.992. The molecule has 96 valence electrons. The van der Waals surface area contributed by atoms with Crippen LogP contribution in [-0.4, -0.2) is 50.2 Å². The largest absolute Gasteiger partial charge is 0.389 e. The molecule has 5 nitrogen and oxygen atoms in total. The van der Waals surface area contributed by atoms with E-state index in [0.717, 1.165) is 12.1 Å². The van der Waals surface area contributed by atoms with Gasteiger partial charge in [-0.25, -0.2) is 0 Å². The molecule has 1 aromatic heterocycles. The van der Waals surface area contributed by atoms with E-state index in [9.17, 15) is 10.2 Å². The highest BCUT2D eigenvalue weighted by molar-refractivity contribution is 5.01. The Morgan fingerprint density at radius 3 is 2.65 bits per heavy atom. The zero-order valence-corrected chi connectivity index (χ0v) is 10.5. The Hall–Kier alpha value is -0.910. The van der Waals surface area contributed by atoms with Crippen molar-refractivity contribution in [1.29, 1.82) is 0 Å². The quantitative estimate of drug-likeness (QED) is 0.798. The van der Waals surface area contributed by atoms with Crippen molar-refractivity contribution < 1.29 is 10.2 Å². The zero-order chi connectivity index (χ0) is 12.4. The van der Waals surface area contributed by atoms with Crippen molar-refractivity contribution in [2.75, 3.05) is 13.1 Å². The Bertz CT molecular complexity index is 356. The average Bonchev–Trinajstić information content (AvgIpc) is 2.87. The summed E-state index contributed by atoms with van der Waals surface area (Å²) in [7, 11) is 0. The number of nitrogens with zero attached hydrogens (tertiary/aromatic N) is 3. The Morgan fingerprint density at radius 2 is 2.06 bits per heavy atom. The van der Waals surface area contributed by atoms with Gasteiger partial charge in [0.2, 0.25) is 0 Å². The van der Waals surface area contributed by atoms with Crippen molar-refractivity contribution in [3.8, 4) is 0 Å². The van der Waals surface area contributed by atoms with Gasteiger partial charge in [0, 0.05) is 31.9 Å². The summed E-state index contributed by atoms with van der Waals surface area (Å²) in [4.78, 5) is 2.03. The lowest BCUT2D eigenvalue weighted by Gasteiger charge is -2.13. The van der Waals surface area contributed by atoms with E-state index in [1.54, 1.807) is 0 Å². The summed E-state index contributed by atoms with van der Waals surface area (Å²) in [6.45, 7) is 6.02. The number of β-amino-alcohol motifs (C(OH)–C–C–N with tert-alkyl or cyclic N) is 2. The standard InChI is InChI=1S/C12H21N3O2/c1-3-9(2)15-5-4-10(13-15)6-14-7-11(16)12(17)8-14/h4-5,9,11-12,16-17H,3,6-8H2,1-2H3. The van der Waals surface area contributed by atoms with Crippen molar-refractivity contribution in [2.45, 2.75) is 45.1 Å². The van der Waals surface area contributed by atoms with E-state index in [2.05, 4.69) is 18.9 Å². The van der Waals surface area contributed by atoms with Crippen molar-refractivity contribution in [1.82, 2.24) is 14.7 Å². The molecular weight excluding hydrogens is 218 g/mol. The average molecular weight is 239 g/mol. The second kappa shape index (κ2) is 5.16. The molecule has 2 N–H and O–H groups in total. The minimum Gasteiger partial charge on any atom is -0.389 e. The highest BCUT2D eigenvalue weighted by atomic mass is 16.3. The molecule has 0 radical (unpaired) electrons. The molecule has 17 heavy (non-hydrogen) atoms. The first-order chi connectivity index (χ1) is 8.10. The van der Waals surface area contributed by atoms with Gasteiger partial charge in [-0.2, -0.15) is 5.10 Å². The highest BCUT2D eigenvalue weighted by Gasteiger charge is 2.29. The number of hydrogen-bond donors (Lipinski definition) is 2. The second-order valence-corrected chi connectivity index (χ2v) is 4.87. The molecule has 2 rings (SSSR count). The molecule has 0 spiro atoms. The Morgan fingerprint density at radius 1 is 1.41 bits per heavy atom. The predicted molar refractivity (Wildman–Crippen MR) is 64.5 cm³/mol. The SMILES string of the molecule is CCC(C)n1ccc(CN2CC(O)C(O)C2)n1. The van der Waals surface area contributed by atoms with E-state index < -0.39 is 12.2 Å². The van der Waals surface area contributed by atoms with Crippen LogP contribution in [0.2, 0.25) is 0 Å². The van der Waals surface area contributed by atoms with Crippen molar-refractivity contribution in [3.63, 3.8) is 0 Å². The van der Waals surface area contributed by atoms with Crippen LogP contribution in [0.25, 0.3) is 0 Å². The van der Waals surface area contributed by atoms with Crippen LogP contribution in [-0.2, 0) is 6.54 Å². The fourth-order valence-corrected chi connectivity index (χ4v) is 2.10. The Kier molecular flexibility index (Phi) is 3.81. The number of aromatic nitrogens is 2. The molecule has 2 heterocycles. The normalized spacial score (nSPS) is 27.5. The molecule has 1 aliphatic rings. The van der Waals surface area contributed by atoms with Crippen LogP contribution in [0, 0.1) is 0 Å². The molecule has 0 bridgehead atoms. The smallest absolute Gasteiger partial charge is 0.0938 e. The minimum atomic E-state index is -0.619. The van der Waals surface area contributed by atoms with Gasteiger partial charge in [0.15, 0.2) is 0 Å². The molecule has 1 saturated heterocycles. The number of aliphatic hydroxyl groups is 2. The maximum Gasteiger partial charge on any atom is 0.0938 e. The van der Waals surface area contributed by atoms with Gasteiger partial charge in [-0.05, 0) is 19.4 Å². The van der Waals surface area contributed by atoms with Gasteiger partial charge in [-0.3, -0.25) is 9.58 Å². The van der Waals surface area contributed by atoms with E-state index in [0.29, 0.717) is 25.7 Å². The van der Waals surface area contributed by atoms with Gasteiger partial charge in [-0.15, -0.1) is 0 Å². The molecular formula is C12H21N3O2. The van der Waals surface area contributed by atoms with Crippen molar-refractivity contribution >= 4 is 0 Å². The van der Waals surface area contributed by atoms with E-state index in [-0.39, 0.29) is 0 Å². The van der Waals surface area contributed by atoms with Crippen LogP contribution in [0.15, 0.2) is 12.3 Å². The summed E-state index contributed by atoms with van der Waals surface area (Å²) < 4.78 is 1.97. The monoisotopic (exact) mass is 239 g/mol. The summed E-state index contributed by atoms with van der Waals surface area (Å²) in [5.74, 6) is 0. The highest BCUT2D eigenvalue weighted by Crippen LogP contribution is 2.14. The van der Waals surface area contributed by atoms with Crippen LogP contribution in [0.1, 0.15) is 32.0 Å². The van der Waals surface area contributed by atoms with E-state index in [1.807, 2.05) is 21.8 Å². The number of rotatable bonds is 4. The van der Waals surface area contributed by atoms with Gasteiger partial charge in [-0.1, -0.05) is 6.92 Å². The molecule has 0 aliphatic carbocycles. The van der Waals surface area contributed by atoms with Crippen LogP contribution >= 0.6 is 0 Å². The van der Waals surface area contributed by atoms with Crippen LogP contribution < -0.4 is 0 Å². The summed E-state index contributed by atoms with van der Waals surface area (Å²) in [5, 5.41) is 23.4. The molecule has 3 atom stereocenters. The fourth-order valence-electron chi connectivity index (χ4n) is 2.10. The van der Waals surface area contributed by atoms with Gasteiger partial charge in [0.05, 0.1) is 17.9 Å². The van der Waals surface area contributed by atoms with Gasteiger partial charge in [0.25, 0.3) is 0 Å². The molecule has 3 unspecified atom stereocenters. The molecule has 0 saturated carbocycles. The number of aliphatic hydroxyl groups excluding tert-OH is 2. The molecule has 0 amide bonds. The first kappa shape index (κ1) is 12.5. The first-order valence-electron chi connectivity index (χ1n) is 6.22. The molecule has 1 aromatic rings. The van der Waals surface area contributed by atoms with Crippen LogP contribution in [0.5, 0.6) is 0 Å². The van der Waals surface area contributed by atoms with E-state index in [4.69, 9.17) is 0 Å². The van der Waals surface area contributed by atoms with Crippen molar-refractivity contribution in [3.05, 3.63) is 18.0 Å². The first-order valence-corrected chi connectivity index (χ1v) is 6.22. The van der Waals surface area contributed by atoms with Crippen molar-refractivity contribution in [2.24, 2.45) is 0 Å². The molecule has 1 fully saturated rings. The number of hydrogen-bond acceptors (Lipinski definition) is 4. The lowest BCUT2D eigenvalue weighted by atomic mass is 10.3. The topological polar surface area (TPSA) is 61.5 Å². The Labute approximate surface area is 102 Å². The molecule has 1 aliphatic heterocycles. The third-order valence-electron chi connectivity index (χ3n) is 3.43. The summed E-state index contributed by atoms with van der Waals surface area (Å²) in [6, 6.07) is 2.42. The summed E-state index contributed by atoms with van der Waals surface area (Å²) >= 11 is 0. The molecule has 0 aromatic carbocycles. The third-order valence-corrected chi connectivity index (χ3v) is 3.43. The lowest BCUT2D eigenvalue weighted by molar-refractivity contribution is 0.0572. The Balaban J connectivity index is 1.93. The number of likely N-dealkylation sites (tertiary alicyclic amines) is 1. The lowest BCUT2D eigenvalue weighted by Crippen LogP contribution is -2.22. The predicted octanol–water partition coefficient (Wildman–Crippen LogP) is 0.392. The van der Waals surface area contributed by atoms with E-state index >= 15 is 0 Å². The van der Waals surface area contributed by atoms with Crippen LogP contribution in [0.4, 0.5) is 0 Å². The summed E-state index contributed by atoms with van der Waals surface area (Å²) in [6.07, 6.45) is 1.81. The van der Waals surface area contributed by atoms with Gasteiger partial charge in [0.1, 0.15) is 0 Å². The van der Waals surface area contributed by atoms with Gasteiger partial charge < -0.3 is 10.2 Å². The van der Waals surface area contributed by atoms with Gasteiger partial charge >= 0.3 is 0 Å². The molecule has 5 heteroatoms. The maximum absolute atomic E-state index is 9.46. The zero-order valence-electron chi connectivity index (χ0n) is 10.5. The third kappa shape index (κ3) is 2.86. The second-order valence-electron chi connectivity index (χ2n) is 4.87. The maximum atomic E-state index is 9.46. The minimum absolute atomic E-state index is 0.415. The fraction of sp³-hybridized carbons (Fsp3) is 0.750. The van der Waals surface area contributed by atoms with E-state index in [1.165, 1.54) is 0 Å². The van der Waals surface area contributed by atoms with Crippen LogP contribution in [0.3, 0.4) is 0 Å².